The number of aryl methyl sites for hydroxylation is 1. The zero-order valence-electron chi connectivity index (χ0n) is 10.9. The van der Waals surface area contributed by atoms with Gasteiger partial charge in [-0.05, 0) is 18.6 Å². The lowest BCUT2D eigenvalue weighted by Gasteiger charge is -2.18. The highest BCUT2D eigenvalue weighted by Crippen LogP contribution is 2.12. The van der Waals surface area contributed by atoms with Gasteiger partial charge < -0.3 is 5.32 Å². The van der Waals surface area contributed by atoms with Crippen molar-refractivity contribution in [3.05, 3.63) is 55.1 Å². The van der Waals surface area contributed by atoms with E-state index in [1.165, 1.54) is 0 Å². The molecular weight excluding hydrogens is 224 g/mol. The van der Waals surface area contributed by atoms with Crippen molar-refractivity contribution < 1.29 is 4.79 Å². The van der Waals surface area contributed by atoms with Crippen molar-refractivity contribution in [3.8, 4) is 0 Å². The highest BCUT2D eigenvalue weighted by molar-refractivity contribution is 5.92. The molecule has 1 N–H and O–H groups in total. The van der Waals surface area contributed by atoms with Crippen LogP contribution in [-0.4, -0.2) is 30.4 Å². The highest BCUT2D eigenvalue weighted by Gasteiger charge is 2.09. The lowest BCUT2D eigenvalue weighted by atomic mass is 10.2. The van der Waals surface area contributed by atoms with E-state index in [4.69, 9.17) is 0 Å². The Kier molecular flexibility index (Phi) is 5.88. The van der Waals surface area contributed by atoms with Gasteiger partial charge in [0.15, 0.2) is 0 Å². The molecule has 0 unspecified atom stereocenters. The lowest BCUT2D eigenvalue weighted by molar-refractivity contribution is -0.117. The molecule has 0 saturated carbocycles. The summed E-state index contributed by atoms with van der Waals surface area (Å²) in [7, 11) is 0. The third-order valence-electron chi connectivity index (χ3n) is 2.56. The van der Waals surface area contributed by atoms with Crippen LogP contribution in [0.25, 0.3) is 0 Å². The SMILES string of the molecule is C=CCN(CC=C)CC(=O)Nc1ccccc1C. The van der Waals surface area contributed by atoms with Crippen LogP contribution >= 0.6 is 0 Å². The maximum atomic E-state index is 11.9. The zero-order valence-corrected chi connectivity index (χ0v) is 10.9. The Morgan fingerprint density at radius 1 is 1.28 bits per heavy atom. The van der Waals surface area contributed by atoms with Crippen LogP contribution in [0.5, 0.6) is 0 Å². The third-order valence-corrected chi connectivity index (χ3v) is 2.56. The molecule has 3 heteroatoms. The van der Waals surface area contributed by atoms with Crippen LogP contribution in [0.2, 0.25) is 0 Å². The fraction of sp³-hybridized carbons (Fsp3) is 0.267. The zero-order chi connectivity index (χ0) is 13.4. The average molecular weight is 244 g/mol. The van der Waals surface area contributed by atoms with Crippen molar-refractivity contribution in [2.45, 2.75) is 6.92 Å². The maximum absolute atomic E-state index is 11.9. The highest BCUT2D eigenvalue weighted by atomic mass is 16.2. The summed E-state index contributed by atoms with van der Waals surface area (Å²) in [5.74, 6) is -0.0204. The Labute approximate surface area is 109 Å². The van der Waals surface area contributed by atoms with E-state index in [2.05, 4.69) is 18.5 Å². The number of anilines is 1. The van der Waals surface area contributed by atoms with Crippen LogP contribution in [0.4, 0.5) is 5.69 Å². The molecule has 0 aromatic heterocycles. The molecule has 0 saturated heterocycles. The molecule has 0 spiro atoms. The van der Waals surface area contributed by atoms with Crippen LogP contribution in [0.3, 0.4) is 0 Å². The normalized spacial score (nSPS) is 10.1. The van der Waals surface area contributed by atoms with Gasteiger partial charge in [-0.2, -0.15) is 0 Å². The van der Waals surface area contributed by atoms with Crippen molar-refractivity contribution >= 4 is 11.6 Å². The summed E-state index contributed by atoms with van der Waals surface area (Å²) in [4.78, 5) is 13.9. The van der Waals surface area contributed by atoms with Crippen molar-refractivity contribution in [1.29, 1.82) is 0 Å². The Balaban J connectivity index is 2.57. The van der Waals surface area contributed by atoms with Crippen molar-refractivity contribution in [1.82, 2.24) is 4.90 Å². The van der Waals surface area contributed by atoms with E-state index in [0.717, 1.165) is 11.3 Å². The summed E-state index contributed by atoms with van der Waals surface area (Å²) in [5, 5.41) is 2.91. The van der Waals surface area contributed by atoms with E-state index in [-0.39, 0.29) is 5.91 Å². The first-order chi connectivity index (χ1) is 8.67. The summed E-state index contributed by atoms with van der Waals surface area (Å²) in [6.45, 7) is 11.0. The van der Waals surface area contributed by atoms with E-state index in [1.807, 2.05) is 36.1 Å². The van der Waals surface area contributed by atoms with Crippen LogP contribution in [0, 0.1) is 6.92 Å². The first-order valence-corrected chi connectivity index (χ1v) is 5.97. The fourth-order valence-corrected chi connectivity index (χ4v) is 1.67. The van der Waals surface area contributed by atoms with Crippen molar-refractivity contribution in [2.75, 3.05) is 25.0 Å². The summed E-state index contributed by atoms with van der Waals surface area (Å²) in [6.07, 6.45) is 3.56. The minimum Gasteiger partial charge on any atom is -0.325 e. The Morgan fingerprint density at radius 2 is 1.89 bits per heavy atom. The molecule has 0 aliphatic rings. The van der Waals surface area contributed by atoms with E-state index in [9.17, 15) is 4.79 Å². The lowest BCUT2D eigenvalue weighted by Crippen LogP contribution is -2.33. The minimum absolute atomic E-state index is 0.0204. The van der Waals surface area contributed by atoms with Crippen molar-refractivity contribution in [2.24, 2.45) is 0 Å². The number of para-hydroxylation sites is 1. The largest absolute Gasteiger partial charge is 0.325 e. The smallest absolute Gasteiger partial charge is 0.238 e. The molecule has 3 nitrogen and oxygen atoms in total. The van der Waals surface area contributed by atoms with Gasteiger partial charge in [-0.3, -0.25) is 9.69 Å². The maximum Gasteiger partial charge on any atom is 0.238 e. The topological polar surface area (TPSA) is 32.3 Å². The Morgan fingerprint density at radius 3 is 2.44 bits per heavy atom. The Bertz CT molecular complexity index is 416. The van der Waals surface area contributed by atoms with Gasteiger partial charge in [0.2, 0.25) is 5.91 Å². The number of benzene rings is 1. The molecule has 96 valence electrons. The van der Waals surface area contributed by atoms with Gasteiger partial charge in [-0.1, -0.05) is 30.4 Å². The number of nitrogens with one attached hydrogen (secondary N) is 1. The molecule has 18 heavy (non-hydrogen) atoms. The second-order valence-electron chi connectivity index (χ2n) is 4.13. The van der Waals surface area contributed by atoms with Gasteiger partial charge in [0.25, 0.3) is 0 Å². The van der Waals surface area contributed by atoms with E-state index in [1.54, 1.807) is 12.2 Å². The number of carbonyl (C=O) groups is 1. The molecule has 0 fully saturated rings. The first-order valence-electron chi connectivity index (χ1n) is 5.97. The van der Waals surface area contributed by atoms with Crippen LogP contribution < -0.4 is 5.32 Å². The monoisotopic (exact) mass is 244 g/mol. The number of carbonyl (C=O) groups excluding carboxylic acids is 1. The predicted molar refractivity (Wildman–Crippen MR) is 76.6 cm³/mol. The van der Waals surface area contributed by atoms with Crippen LogP contribution in [0.15, 0.2) is 49.6 Å². The van der Waals surface area contributed by atoms with Gasteiger partial charge >= 0.3 is 0 Å². The number of rotatable bonds is 7. The van der Waals surface area contributed by atoms with Gasteiger partial charge in [-0.25, -0.2) is 0 Å². The summed E-state index contributed by atoms with van der Waals surface area (Å²) >= 11 is 0. The summed E-state index contributed by atoms with van der Waals surface area (Å²) < 4.78 is 0. The molecule has 0 atom stereocenters. The summed E-state index contributed by atoms with van der Waals surface area (Å²) in [6, 6.07) is 7.74. The standard InChI is InChI=1S/C15H20N2O/c1-4-10-17(11-5-2)12-15(18)16-14-9-7-6-8-13(14)3/h4-9H,1-2,10-12H2,3H3,(H,16,18). The predicted octanol–water partition coefficient (Wildman–Crippen LogP) is 2.61. The Hall–Kier alpha value is -1.87. The van der Waals surface area contributed by atoms with Crippen LogP contribution in [0.1, 0.15) is 5.56 Å². The van der Waals surface area contributed by atoms with Gasteiger partial charge in [0, 0.05) is 18.8 Å². The molecule has 1 rings (SSSR count). The molecule has 0 aliphatic heterocycles. The average Bonchev–Trinajstić information content (AvgIpc) is 2.33. The van der Waals surface area contributed by atoms with Crippen molar-refractivity contribution in [3.63, 3.8) is 0 Å². The first kappa shape index (κ1) is 14.2. The van der Waals surface area contributed by atoms with Gasteiger partial charge in [0.05, 0.1) is 6.54 Å². The van der Waals surface area contributed by atoms with E-state index in [0.29, 0.717) is 19.6 Å². The van der Waals surface area contributed by atoms with E-state index < -0.39 is 0 Å². The van der Waals surface area contributed by atoms with Crippen LogP contribution in [-0.2, 0) is 4.79 Å². The summed E-state index contributed by atoms with van der Waals surface area (Å²) in [5.41, 5.74) is 1.92. The van der Waals surface area contributed by atoms with Gasteiger partial charge in [0.1, 0.15) is 0 Å². The van der Waals surface area contributed by atoms with E-state index >= 15 is 0 Å². The second kappa shape index (κ2) is 7.45. The second-order valence-corrected chi connectivity index (χ2v) is 4.13. The molecular formula is C15H20N2O. The molecule has 1 amide bonds. The number of hydrogen-bond donors (Lipinski definition) is 1. The number of hydrogen-bond acceptors (Lipinski definition) is 2. The third kappa shape index (κ3) is 4.55. The number of nitrogens with zero attached hydrogens (tertiary/aromatic N) is 1. The molecule has 1 aromatic rings. The molecule has 0 heterocycles. The molecule has 1 aromatic carbocycles. The molecule has 0 aliphatic carbocycles. The molecule has 0 radical (unpaired) electrons. The molecule has 0 bridgehead atoms. The number of amides is 1. The van der Waals surface area contributed by atoms with Gasteiger partial charge in [-0.15, -0.1) is 13.2 Å². The minimum atomic E-state index is -0.0204. The fourth-order valence-electron chi connectivity index (χ4n) is 1.67. The quantitative estimate of drug-likeness (QED) is 0.748.